The van der Waals surface area contributed by atoms with E-state index in [4.69, 9.17) is 9.47 Å². The van der Waals surface area contributed by atoms with Gasteiger partial charge in [0.2, 0.25) is 0 Å². The number of anilines is 1. The van der Waals surface area contributed by atoms with Crippen LogP contribution in [-0.4, -0.2) is 30.9 Å². The van der Waals surface area contributed by atoms with Crippen molar-refractivity contribution in [2.45, 2.75) is 26.2 Å². The summed E-state index contributed by atoms with van der Waals surface area (Å²) in [5.74, 6) is -0.753. The van der Waals surface area contributed by atoms with Gasteiger partial charge in [0.25, 0.3) is 5.91 Å². The van der Waals surface area contributed by atoms with E-state index >= 15 is 0 Å². The van der Waals surface area contributed by atoms with Crippen LogP contribution in [0.25, 0.3) is 0 Å². The molecule has 1 aliphatic rings. The zero-order chi connectivity index (χ0) is 19.6. The van der Waals surface area contributed by atoms with Crippen molar-refractivity contribution in [1.29, 1.82) is 0 Å². The SMILES string of the molecule is CC(C)(C)c1ccc(C(=O)COC(=O)c2ccc3c(c2)OCC(=O)N3)cc1. The summed E-state index contributed by atoms with van der Waals surface area (Å²) in [5, 5.41) is 2.64. The number of benzene rings is 2. The zero-order valence-corrected chi connectivity index (χ0v) is 15.5. The third kappa shape index (κ3) is 4.34. The van der Waals surface area contributed by atoms with Crippen LogP contribution in [-0.2, 0) is 14.9 Å². The summed E-state index contributed by atoms with van der Waals surface area (Å²) in [7, 11) is 0. The van der Waals surface area contributed by atoms with Crippen molar-refractivity contribution in [3.8, 4) is 5.75 Å². The second-order valence-corrected chi connectivity index (χ2v) is 7.37. The Hall–Kier alpha value is -3.15. The second-order valence-electron chi connectivity index (χ2n) is 7.37. The van der Waals surface area contributed by atoms with Crippen LogP contribution in [0.15, 0.2) is 42.5 Å². The molecule has 0 saturated carbocycles. The molecule has 140 valence electrons. The third-order valence-corrected chi connectivity index (χ3v) is 4.26. The van der Waals surface area contributed by atoms with E-state index in [9.17, 15) is 14.4 Å². The van der Waals surface area contributed by atoms with Crippen molar-refractivity contribution in [2.24, 2.45) is 0 Å². The molecule has 3 rings (SSSR count). The molecule has 0 bridgehead atoms. The van der Waals surface area contributed by atoms with Gasteiger partial charge in [-0.2, -0.15) is 0 Å². The standard InChI is InChI=1S/C21H21NO5/c1-21(2,3)15-7-4-13(5-8-15)17(23)11-27-20(25)14-6-9-16-18(10-14)26-12-19(24)22-16/h4-10H,11-12H2,1-3H3,(H,22,24). The van der Waals surface area contributed by atoms with E-state index in [0.717, 1.165) is 5.56 Å². The Morgan fingerprint density at radius 3 is 2.41 bits per heavy atom. The number of fused-ring (bicyclic) bond motifs is 1. The van der Waals surface area contributed by atoms with E-state index < -0.39 is 5.97 Å². The van der Waals surface area contributed by atoms with Gasteiger partial charge in [-0.3, -0.25) is 9.59 Å². The van der Waals surface area contributed by atoms with Crippen molar-refractivity contribution in [3.63, 3.8) is 0 Å². The number of amides is 1. The fraction of sp³-hybridized carbons (Fsp3) is 0.286. The quantitative estimate of drug-likeness (QED) is 0.662. The van der Waals surface area contributed by atoms with Gasteiger partial charge in [-0.1, -0.05) is 45.0 Å². The molecule has 0 aromatic heterocycles. The molecule has 1 aliphatic heterocycles. The summed E-state index contributed by atoms with van der Waals surface area (Å²) >= 11 is 0. The van der Waals surface area contributed by atoms with Crippen LogP contribution in [0.3, 0.4) is 0 Å². The number of ether oxygens (including phenoxy) is 2. The second kappa shape index (κ2) is 7.23. The van der Waals surface area contributed by atoms with Crippen LogP contribution in [0, 0.1) is 0 Å². The monoisotopic (exact) mass is 367 g/mol. The van der Waals surface area contributed by atoms with Gasteiger partial charge in [-0.05, 0) is 29.2 Å². The minimum atomic E-state index is -0.627. The molecular weight excluding hydrogens is 346 g/mol. The number of hydrogen-bond acceptors (Lipinski definition) is 5. The predicted octanol–water partition coefficient (Wildman–Crippen LogP) is 3.35. The lowest BCUT2D eigenvalue weighted by atomic mass is 9.86. The minimum absolute atomic E-state index is 0.00202. The van der Waals surface area contributed by atoms with Gasteiger partial charge < -0.3 is 14.8 Å². The Bertz CT molecular complexity index is 894. The number of rotatable bonds is 4. The lowest BCUT2D eigenvalue weighted by Crippen LogP contribution is -2.25. The molecule has 0 saturated heterocycles. The van der Waals surface area contributed by atoms with Gasteiger partial charge in [0.15, 0.2) is 19.0 Å². The molecule has 0 unspecified atom stereocenters. The Kier molecular flexibility index (Phi) is 4.99. The smallest absolute Gasteiger partial charge is 0.338 e. The van der Waals surface area contributed by atoms with Gasteiger partial charge in [0.1, 0.15) is 5.75 Å². The number of carbonyl (C=O) groups excluding carboxylic acids is 3. The van der Waals surface area contributed by atoms with Crippen molar-refractivity contribution in [1.82, 2.24) is 0 Å². The van der Waals surface area contributed by atoms with Gasteiger partial charge in [-0.25, -0.2) is 4.79 Å². The van der Waals surface area contributed by atoms with Crippen LogP contribution < -0.4 is 10.1 Å². The summed E-state index contributed by atoms with van der Waals surface area (Å²) in [6, 6.07) is 11.9. The molecule has 6 nitrogen and oxygen atoms in total. The van der Waals surface area contributed by atoms with E-state index in [1.807, 2.05) is 12.1 Å². The summed E-state index contributed by atoms with van der Waals surface area (Å²) in [6.45, 7) is 5.84. The highest BCUT2D eigenvalue weighted by Crippen LogP contribution is 2.28. The maximum absolute atomic E-state index is 12.3. The molecular formula is C21H21NO5. The van der Waals surface area contributed by atoms with Crippen LogP contribution in [0.4, 0.5) is 5.69 Å². The van der Waals surface area contributed by atoms with Gasteiger partial charge in [0, 0.05) is 5.56 Å². The first-order chi connectivity index (χ1) is 12.7. The van der Waals surface area contributed by atoms with Gasteiger partial charge in [-0.15, -0.1) is 0 Å². The molecule has 1 N–H and O–H groups in total. The molecule has 0 aliphatic carbocycles. The van der Waals surface area contributed by atoms with Crippen LogP contribution in [0.2, 0.25) is 0 Å². The van der Waals surface area contributed by atoms with E-state index in [1.54, 1.807) is 18.2 Å². The van der Waals surface area contributed by atoms with E-state index in [2.05, 4.69) is 26.1 Å². The van der Waals surface area contributed by atoms with Crippen molar-refractivity contribution in [3.05, 3.63) is 59.2 Å². The van der Waals surface area contributed by atoms with Gasteiger partial charge in [0.05, 0.1) is 11.3 Å². The Morgan fingerprint density at radius 2 is 1.74 bits per heavy atom. The average Bonchev–Trinajstić information content (AvgIpc) is 2.64. The number of hydrogen-bond donors (Lipinski definition) is 1. The van der Waals surface area contributed by atoms with Crippen molar-refractivity contribution >= 4 is 23.3 Å². The summed E-state index contributed by atoms with van der Waals surface area (Å²) < 4.78 is 10.4. The van der Waals surface area contributed by atoms with Crippen LogP contribution >= 0.6 is 0 Å². The molecule has 0 fully saturated rings. The van der Waals surface area contributed by atoms with Crippen LogP contribution in [0.1, 0.15) is 47.1 Å². The first kappa shape index (κ1) is 18.6. The normalized spacial score (nSPS) is 13.2. The minimum Gasteiger partial charge on any atom is -0.482 e. The average molecular weight is 367 g/mol. The molecule has 0 spiro atoms. The molecule has 0 radical (unpaired) electrons. The summed E-state index contributed by atoms with van der Waals surface area (Å²) in [4.78, 5) is 35.7. The maximum atomic E-state index is 12.3. The van der Waals surface area contributed by atoms with E-state index in [-0.39, 0.29) is 35.9 Å². The fourth-order valence-corrected chi connectivity index (χ4v) is 2.66. The highest BCUT2D eigenvalue weighted by molar-refractivity contribution is 6.00. The molecule has 0 atom stereocenters. The largest absolute Gasteiger partial charge is 0.482 e. The first-order valence-corrected chi connectivity index (χ1v) is 8.61. The predicted molar refractivity (Wildman–Crippen MR) is 100 cm³/mol. The Balaban J connectivity index is 1.62. The molecule has 2 aromatic rings. The number of nitrogens with one attached hydrogen (secondary N) is 1. The van der Waals surface area contributed by atoms with Crippen LogP contribution in [0.5, 0.6) is 5.75 Å². The number of esters is 1. The first-order valence-electron chi connectivity index (χ1n) is 8.61. The Labute approximate surface area is 157 Å². The summed E-state index contributed by atoms with van der Waals surface area (Å²) in [5.41, 5.74) is 2.37. The molecule has 1 heterocycles. The Morgan fingerprint density at radius 1 is 1.07 bits per heavy atom. The van der Waals surface area contributed by atoms with Crippen molar-refractivity contribution in [2.75, 3.05) is 18.5 Å². The molecule has 1 amide bonds. The number of carbonyl (C=O) groups is 3. The molecule has 2 aromatic carbocycles. The lowest BCUT2D eigenvalue weighted by Gasteiger charge is -2.19. The van der Waals surface area contributed by atoms with E-state index in [1.165, 1.54) is 12.1 Å². The highest BCUT2D eigenvalue weighted by Gasteiger charge is 2.19. The zero-order valence-electron chi connectivity index (χ0n) is 15.5. The lowest BCUT2D eigenvalue weighted by molar-refractivity contribution is -0.118. The number of ketones is 1. The fourth-order valence-electron chi connectivity index (χ4n) is 2.66. The van der Waals surface area contributed by atoms with Crippen molar-refractivity contribution < 1.29 is 23.9 Å². The van der Waals surface area contributed by atoms with Gasteiger partial charge >= 0.3 is 5.97 Å². The molecule has 27 heavy (non-hydrogen) atoms. The summed E-state index contributed by atoms with van der Waals surface area (Å²) in [6.07, 6.45) is 0. The maximum Gasteiger partial charge on any atom is 0.338 e. The topological polar surface area (TPSA) is 81.7 Å². The number of Topliss-reactive ketones (excluding diaryl/α,β-unsaturated/α-hetero) is 1. The highest BCUT2D eigenvalue weighted by atomic mass is 16.5. The third-order valence-electron chi connectivity index (χ3n) is 4.26. The van der Waals surface area contributed by atoms with E-state index in [0.29, 0.717) is 17.0 Å². The molecule has 6 heteroatoms.